The third-order valence-electron chi connectivity index (χ3n) is 2.47. The van der Waals surface area contributed by atoms with Crippen molar-refractivity contribution in [3.05, 3.63) is 46.4 Å². The zero-order valence-corrected chi connectivity index (χ0v) is 13.0. The van der Waals surface area contributed by atoms with Crippen molar-refractivity contribution in [3.8, 4) is 0 Å². The Hall–Kier alpha value is 0.423. The first-order valence-electron chi connectivity index (χ1n) is 4.69. The number of benzene rings is 1. The summed E-state index contributed by atoms with van der Waals surface area (Å²) in [7, 11) is 9.87. The average Bonchev–Trinajstić information content (AvgIpc) is 2.56. The van der Waals surface area contributed by atoms with Crippen LogP contribution in [-0.2, 0) is 20.8 Å². The van der Waals surface area contributed by atoms with E-state index < -0.39 is 20.8 Å². The Bertz CT molecular complexity index is 383. The first-order valence-corrected chi connectivity index (χ1v) is 11.0. The summed E-state index contributed by atoms with van der Waals surface area (Å²) in [4.78, 5) is 0. The first kappa shape index (κ1) is 13.5. The standard InChI is InChI=1S/C12H13.2ClH.Zr/c1-8-6-11-9(2)4-5-10(3)12(11)7-8;;;/h4-7H,1-3H3;2*1H;/q;;;+2/p-2. The van der Waals surface area contributed by atoms with Gasteiger partial charge in [0.2, 0.25) is 0 Å². The SMILES string of the molecule is CC1=Cc2c(C)ccc(C)c2[CH]1.[Cl][Zr][Cl]. The van der Waals surface area contributed by atoms with Gasteiger partial charge in [-0.25, -0.2) is 0 Å². The summed E-state index contributed by atoms with van der Waals surface area (Å²) >= 11 is -0.826. The minimum absolute atomic E-state index is 0.826. The van der Waals surface area contributed by atoms with Gasteiger partial charge < -0.3 is 0 Å². The van der Waals surface area contributed by atoms with Crippen LogP contribution in [0, 0.1) is 20.3 Å². The Balaban J connectivity index is 0.000000337. The molecule has 1 radical (unpaired) electrons. The van der Waals surface area contributed by atoms with E-state index >= 15 is 0 Å². The molecule has 1 aromatic carbocycles. The summed E-state index contributed by atoms with van der Waals surface area (Å²) in [6.07, 6.45) is 4.52. The molecule has 0 aromatic heterocycles. The maximum atomic E-state index is 4.93. The van der Waals surface area contributed by atoms with Crippen LogP contribution in [0.5, 0.6) is 0 Å². The summed E-state index contributed by atoms with van der Waals surface area (Å²) in [5.74, 6) is 0. The first-order chi connectivity index (χ1) is 7.10. The van der Waals surface area contributed by atoms with Gasteiger partial charge in [0, 0.05) is 6.42 Å². The van der Waals surface area contributed by atoms with Gasteiger partial charge in [0.25, 0.3) is 0 Å². The third kappa shape index (κ3) is 3.44. The Morgan fingerprint density at radius 1 is 0.933 bits per heavy atom. The second-order valence-corrected chi connectivity index (χ2v) is 7.36. The van der Waals surface area contributed by atoms with Crippen molar-refractivity contribution >= 4 is 23.1 Å². The monoisotopic (exact) mass is 317 g/mol. The number of halogens is 2. The molecule has 1 aromatic rings. The van der Waals surface area contributed by atoms with Crippen LogP contribution in [0.1, 0.15) is 29.2 Å². The van der Waals surface area contributed by atoms with Crippen LogP contribution in [0.25, 0.3) is 6.08 Å². The minimum atomic E-state index is -0.826. The molecule has 2 rings (SSSR count). The summed E-state index contributed by atoms with van der Waals surface area (Å²) in [6, 6.07) is 4.38. The van der Waals surface area contributed by atoms with E-state index in [1.165, 1.54) is 27.8 Å². The molecule has 0 nitrogen and oxygen atoms in total. The fourth-order valence-electron chi connectivity index (χ4n) is 1.73. The fourth-order valence-corrected chi connectivity index (χ4v) is 1.73. The number of hydrogen-bond donors (Lipinski definition) is 0. The Labute approximate surface area is 110 Å². The van der Waals surface area contributed by atoms with E-state index in [4.69, 9.17) is 17.0 Å². The normalized spacial score (nSPS) is 12.5. The number of rotatable bonds is 0. The summed E-state index contributed by atoms with van der Waals surface area (Å²) in [6.45, 7) is 6.49. The molecule has 0 unspecified atom stereocenters. The zero-order chi connectivity index (χ0) is 11.4. The van der Waals surface area contributed by atoms with Crippen LogP contribution in [0.15, 0.2) is 17.7 Å². The van der Waals surface area contributed by atoms with Gasteiger partial charge in [-0.3, -0.25) is 0 Å². The molecule has 0 bridgehead atoms. The van der Waals surface area contributed by atoms with Crippen molar-refractivity contribution in [2.45, 2.75) is 20.8 Å². The molecule has 0 spiro atoms. The summed E-state index contributed by atoms with van der Waals surface area (Å²) < 4.78 is 0. The van der Waals surface area contributed by atoms with Gasteiger partial charge in [-0.05, 0) is 43.0 Å². The second kappa shape index (κ2) is 6.23. The van der Waals surface area contributed by atoms with Crippen molar-refractivity contribution in [3.63, 3.8) is 0 Å². The van der Waals surface area contributed by atoms with Crippen molar-refractivity contribution in [2.24, 2.45) is 0 Å². The van der Waals surface area contributed by atoms with Gasteiger partial charge in [-0.2, -0.15) is 0 Å². The molecule has 0 saturated carbocycles. The van der Waals surface area contributed by atoms with Crippen LogP contribution in [0.4, 0.5) is 0 Å². The molecule has 0 atom stereocenters. The quantitative estimate of drug-likeness (QED) is 0.653. The van der Waals surface area contributed by atoms with Crippen LogP contribution < -0.4 is 0 Å². The van der Waals surface area contributed by atoms with Gasteiger partial charge >= 0.3 is 37.9 Å². The molecule has 3 heteroatoms. The van der Waals surface area contributed by atoms with Crippen molar-refractivity contribution in [1.29, 1.82) is 0 Å². The van der Waals surface area contributed by atoms with E-state index in [0.717, 1.165) is 0 Å². The van der Waals surface area contributed by atoms with E-state index in [1.807, 2.05) is 0 Å². The molecule has 0 fully saturated rings. The molecule has 79 valence electrons. The fraction of sp³-hybridized carbons (Fsp3) is 0.250. The van der Waals surface area contributed by atoms with E-state index in [1.54, 1.807) is 0 Å². The molecule has 0 heterocycles. The second-order valence-electron chi connectivity index (χ2n) is 3.63. The van der Waals surface area contributed by atoms with Crippen LogP contribution in [0.2, 0.25) is 0 Å². The van der Waals surface area contributed by atoms with Crippen LogP contribution >= 0.6 is 17.0 Å². The van der Waals surface area contributed by atoms with Crippen molar-refractivity contribution < 1.29 is 20.8 Å². The zero-order valence-electron chi connectivity index (χ0n) is 9.07. The van der Waals surface area contributed by atoms with Crippen LogP contribution in [0.3, 0.4) is 0 Å². The molecule has 0 N–H and O–H groups in total. The predicted octanol–water partition coefficient (Wildman–Crippen LogP) is 4.65. The average molecular weight is 319 g/mol. The molecular formula is C12H13Cl2Zr. The van der Waals surface area contributed by atoms with E-state index in [0.29, 0.717) is 0 Å². The molecule has 0 saturated heterocycles. The molecule has 1 aliphatic rings. The summed E-state index contributed by atoms with van der Waals surface area (Å²) in [5.41, 5.74) is 6.94. The number of aryl methyl sites for hydroxylation is 2. The van der Waals surface area contributed by atoms with Crippen molar-refractivity contribution in [1.82, 2.24) is 0 Å². The van der Waals surface area contributed by atoms with E-state index in [-0.39, 0.29) is 0 Å². The predicted molar refractivity (Wildman–Crippen MR) is 64.7 cm³/mol. The Morgan fingerprint density at radius 2 is 1.40 bits per heavy atom. The van der Waals surface area contributed by atoms with Gasteiger partial charge in [0.1, 0.15) is 0 Å². The third-order valence-corrected chi connectivity index (χ3v) is 2.47. The van der Waals surface area contributed by atoms with Gasteiger partial charge in [-0.15, -0.1) is 0 Å². The molecule has 1 aliphatic carbocycles. The number of allylic oxidation sites excluding steroid dienone is 1. The molecular weight excluding hydrogens is 306 g/mol. The van der Waals surface area contributed by atoms with Gasteiger partial charge in [0.05, 0.1) is 0 Å². The van der Waals surface area contributed by atoms with Crippen LogP contribution in [-0.4, -0.2) is 0 Å². The van der Waals surface area contributed by atoms with Gasteiger partial charge in [-0.1, -0.05) is 23.8 Å². The van der Waals surface area contributed by atoms with E-state index in [2.05, 4.69) is 45.4 Å². The Morgan fingerprint density at radius 3 is 1.87 bits per heavy atom. The molecule has 0 aliphatic heterocycles. The number of hydrogen-bond acceptors (Lipinski definition) is 0. The maximum absolute atomic E-state index is 4.93. The summed E-state index contributed by atoms with van der Waals surface area (Å²) in [5, 5.41) is 0. The number of fused-ring (bicyclic) bond motifs is 1. The van der Waals surface area contributed by atoms with Gasteiger partial charge in [0.15, 0.2) is 0 Å². The Kier molecular flexibility index (Phi) is 5.60. The topological polar surface area (TPSA) is 0 Å². The molecule has 15 heavy (non-hydrogen) atoms. The van der Waals surface area contributed by atoms with E-state index in [9.17, 15) is 0 Å². The van der Waals surface area contributed by atoms with Crippen molar-refractivity contribution in [2.75, 3.05) is 0 Å². The molecule has 0 amide bonds.